The average molecular weight is 1030 g/mol. The zero-order valence-electron chi connectivity index (χ0n) is 59.2. The summed E-state index contributed by atoms with van der Waals surface area (Å²) in [6, 6.07) is 0. The van der Waals surface area contributed by atoms with Crippen LogP contribution in [-0.2, 0) is 0 Å². The van der Waals surface area contributed by atoms with Crippen molar-refractivity contribution in [2.24, 2.45) is 0 Å². The molecule has 0 aliphatic rings. The minimum atomic E-state index is 0.299. The van der Waals surface area contributed by atoms with E-state index in [1.165, 1.54) is 140 Å². The molecule has 0 unspecified atom stereocenters. The molecule has 0 nitrogen and oxygen atoms in total. The highest BCUT2D eigenvalue weighted by molar-refractivity contribution is 7.89. The monoisotopic (exact) mass is 1040 g/mol. The van der Waals surface area contributed by atoms with Crippen molar-refractivity contribution in [2.75, 3.05) is 0 Å². The highest BCUT2D eigenvalue weighted by atomic mass is 14.3. The highest BCUT2D eigenvalue weighted by Crippen LogP contribution is 2.54. The van der Waals surface area contributed by atoms with E-state index >= 15 is 0 Å². The Balaban J connectivity index is 2.09. The molecule has 0 heterocycles. The molecule has 0 aromatic heterocycles. The van der Waals surface area contributed by atoms with Gasteiger partial charge in [-0.15, -0.1) is 10.9 Å². The molecule has 0 saturated heterocycles. The lowest BCUT2D eigenvalue weighted by atomic mass is 8.66. The maximum atomic E-state index is 2.65. The van der Waals surface area contributed by atoms with Gasteiger partial charge in [0, 0.05) is 45.4 Å². The maximum Gasteiger partial charge on any atom is 0.120 e. The van der Waals surface area contributed by atoms with Gasteiger partial charge in [-0.05, 0) is 260 Å². The fourth-order valence-corrected chi connectivity index (χ4v) is 17.3. The normalized spacial score (nSPS) is 11.3. The summed E-state index contributed by atoms with van der Waals surface area (Å²) in [6.45, 7) is 41.2. The molecule has 0 saturated carbocycles. The van der Waals surface area contributed by atoms with Crippen LogP contribution in [0.3, 0.4) is 0 Å². The van der Waals surface area contributed by atoms with E-state index in [1.807, 2.05) is 0 Å². The smallest absolute Gasteiger partial charge is 0.113 e. The molecule has 0 fully saturated rings. The van der Waals surface area contributed by atoms with Crippen LogP contribution in [0.4, 0.5) is 0 Å². The van der Waals surface area contributed by atoms with Gasteiger partial charge in [-0.25, -0.2) is 0 Å². The molecule has 0 bridgehead atoms. The third-order valence-electron chi connectivity index (χ3n) is 23.6. The standard InChI is InChI=1S/C50H86B32/c1-17-18(2)26(10)34-33(24(17)8)25(9)23(7)31(15)35(34)41-36-27(11)19(3)21(5)29(13)38(36)42(39-30(14)22(6)20(4)28(12)37(39)41)43-45(68-51)32(16)40-44(46(43)72(55)69-52)47(73(56)77(57)58)49(74(70-53)78(59)60)50(75(79(61)62)80(63)64)48(40)76(81(65)66)82(67)71-54/h68-71H,51-67H2,1-16H3. The van der Waals surface area contributed by atoms with Crippen molar-refractivity contribution in [3.8, 4) is 22.3 Å². The van der Waals surface area contributed by atoms with E-state index in [0.717, 1.165) is 21.3 Å². The van der Waals surface area contributed by atoms with Crippen LogP contribution in [0.2, 0.25) is 0 Å². The van der Waals surface area contributed by atoms with Gasteiger partial charge in [-0.3, -0.25) is 0 Å². The van der Waals surface area contributed by atoms with E-state index in [1.54, 1.807) is 54.7 Å². The Morgan fingerprint density at radius 1 is 0.256 bits per heavy atom. The zero-order valence-corrected chi connectivity index (χ0v) is 59.2. The van der Waals surface area contributed by atoms with Crippen LogP contribution in [0.5, 0.6) is 0 Å². The first-order valence-corrected chi connectivity index (χ1v) is 33.4. The Hall–Kier alpha value is -2.34. The van der Waals surface area contributed by atoms with E-state index in [2.05, 4.69) is 242 Å². The molecule has 0 spiro atoms. The number of fused-ring (bicyclic) bond motifs is 4. The third kappa shape index (κ3) is 10.4. The van der Waals surface area contributed by atoms with Crippen molar-refractivity contribution in [1.29, 1.82) is 0 Å². The van der Waals surface area contributed by atoms with E-state index in [0.29, 0.717) is 70.8 Å². The van der Waals surface area contributed by atoms with Crippen molar-refractivity contribution in [3.63, 3.8) is 0 Å². The lowest BCUT2D eigenvalue weighted by molar-refractivity contribution is 1.22. The molecule has 0 radical (unpaired) electrons. The first kappa shape index (κ1) is 67.2. The van der Waals surface area contributed by atoms with Gasteiger partial charge in [-0.1, -0.05) is 27.4 Å². The second-order valence-electron chi connectivity index (χ2n) is 29.2. The Kier molecular flexibility index (Phi) is 20.8. The summed E-state index contributed by atoms with van der Waals surface area (Å²) < 4.78 is 0. The van der Waals surface area contributed by atoms with E-state index < -0.39 is 0 Å². The van der Waals surface area contributed by atoms with Crippen LogP contribution in [0.1, 0.15) is 89.0 Å². The van der Waals surface area contributed by atoms with Crippen LogP contribution in [-0.4, -0.2) is 231 Å². The largest absolute Gasteiger partial charge is 0.120 e. The predicted octanol–water partition coefficient (Wildman–Crippen LogP) is -12.7. The van der Waals surface area contributed by atoms with Gasteiger partial charge in [0.1, 0.15) is 7.17 Å². The summed E-state index contributed by atoms with van der Waals surface area (Å²) >= 11 is 0. The molecule has 82 heavy (non-hydrogen) atoms. The molecule has 0 atom stereocenters. The topological polar surface area (TPSA) is 0 Å². The average Bonchev–Trinajstić information content (AvgIpc) is 1.94. The summed E-state index contributed by atoms with van der Waals surface area (Å²) in [5.41, 5.74) is 39.2. The highest BCUT2D eigenvalue weighted by Gasteiger charge is 2.44. The van der Waals surface area contributed by atoms with Crippen LogP contribution < -0.4 is 32.8 Å². The van der Waals surface area contributed by atoms with Crippen molar-refractivity contribution in [1.82, 2.24) is 0 Å². The van der Waals surface area contributed by atoms with Crippen molar-refractivity contribution in [2.45, 2.75) is 111 Å². The first-order valence-electron chi connectivity index (χ1n) is 33.4. The lowest BCUT2D eigenvalue weighted by Gasteiger charge is -2.42. The maximum absolute atomic E-state index is 2.65. The van der Waals surface area contributed by atoms with Crippen LogP contribution >= 0.6 is 0 Å². The summed E-state index contributed by atoms with van der Waals surface area (Å²) in [7, 11) is 47.9. The summed E-state index contributed by atoms with van der Waals surface area (Å²) in [5.74, 6) is 0. The molecule has 7 aromatic carbocycles. The molecule has 0 N–H and O–H groups in total. The Morgan fingerprint density at radius 2 is 0.622 bits per heavy atom. The van der Waals surface area contributed by atoms with Crippen molar-refractivity contribution < 1.29 is 0 Å². The summed E-state index contributed by atoms with van der Waals surface area (Å²) in [5, 5.41) is 12.1. The Labute approximate surface area is 524 Å². The van der Waals surface area contributed by atoms with Gasteiger partial charge in [0.05, 0.1) is 178 Å². The van der Waals surface area contributed by atoms with Crippen molar-refractivity contribution in [3.05, 3.63) is 89.0 Å². The number of hydrogen-bond acceptors (Lipinski definition) is 0. The van der Waals surface area contributed by atoms with Crippen LogP contribution in [0.15, 0.2) is 0 Å². The molecule has 0 aliphatic carbocycles. The quantitative estimate of drug-likeness (QED) is 0.0630. The number of benzene rings is 7. The molecular formula is C50H86B32. The Bertz CT molecular complexity index is 3640. The summed E-state index contributed by atoms with van der Waals surface area (Å²) in [4.78, 5) is 0. The van der Waals surface area contributed by atoms with Gasteiger partial charge < -0.3 is 0 Å². The molecule has 32 heteroatoms. The predicted molar refractivity (Wildman–Crippen MR) is 458 cm³/mol. The van der Waals surface area contributed by atoms with Gasteiger partial charge in [0.25, 0.3) is 0 Å². The second-order valence-corrected chi connectivity index (χ2v) is 29.2. The fraction of sp³-hybridized carbons (Fsp3) is 0.320. The van der Waals surface area contributed by atoms with Gasteiger partial charge in [0.2, 0.25) is 0 Å². The third-order valence-corrected chi connectivity index (χ3v) is 23.6. The van der Waals surface area contributed by atoms with Gasteiger partial charge in [0.15, 0.2) is 0 Å². The SMILES string of the molecule is BBB(B)B(B(B)B)c1c(B(B(B)B)B(B)B)c(B(BB)B(B)B)c(B(B)B(B)B)c2c(B(B)BB)c(-c3c4c(C)c(C)c(C)c(C)c4c(-c4c(C)c(C)c(C)c5c(C)c(C)c(C)c(C)c45)c4c(C)c(C)c(C)c(C)c34)c(BB)c(C)c12. The second kappa shape index (κ2) is 25.4. The first-order chi connectivity index (χ1) is 38.2. The lowest BCUT2D eigenvalue weighted by Crippen LogP contribution is -2.80. The molecule has 0 aliphatic heterocycles. The molecule has 7 aromatic rings. The van der Waals surface area contributed by atoms with Gasteiger partial charge in [-0.2, -0.15) is 0 Å². The molecular weight excluding hydrogens is 947 g/mol. The molecule has 382 valence electrons. The van der Waals surface area contributed by atoms with Crippen molar-refractivity contribution >= 4 is 307 Å². The zero-order chi connectivity index (χ0) is 61.8. The summed E-state index contributed by atoms with van der Waals surface area (Å²) in [6.07, 6.45) is 2.95. The van der Waals surface area contributed by atoms with E-state index in [4.69, 9.17) is 0 Å². The Morgan fingerprint density at radius 3 is 0.951 bits per heavy atom. The van der Waals surface area contributed by atoms with Crippen LogP contribution in [0.25, 0.3) is 65.3 Å². The van der Waals surface area contributed by atoms with E-state index in [9.17, 15) is 0 Å². The molecule has 7 rings (SSSR count). The number of aryl methyl sites for hydroxylation is 8. The number of hydrogen-bond donors (Lipinski definition) is 0. The minimum absolute atomic E-state index is 0.299. The minimum Gasteiger partial charge on any atom is -0.113 e. The number of rotatable bonds is 17. The van der Waals surface area contributed by atoms with Crippen LogP contribution in [0, 0.1) is 111 Å². The molecule has 0 amide bonds. The van der Waals surface area contributed by atoms with Gasteiger partial charge >= 0.3 is 0 Å². The fourth-order valence-electron chi connectivity index (χ4n) is 17.3. The van der Waals surface area contributed by atoms with E-state index in [-0.39, 0.29) is 0 Å².